The van der Waals surface area contributed by atoms with Crippen molar-refractivity contribution in [2.45, 2.75) is 49.3 Å². The van der Waals surface area contributed by atoms with E-state index in [1.807, 2.05) is 38.1 Å². The molecule has 0 bridgehead atoms. The molecular weight excluding hydrogens is 460 g/mol. The van der Waals surface area contributed by atoms with E-state index in [0.29, 0.717) is 23.3 Å². The van der Waals surface area contributed by atoms with E-state index in [2.05, 4.69) is 15.5 Å². The molecule has 33 heavy (non-hydrogen) atoms. The molecule has 3 aromatic rings. The van der Waals surface area contributed by atoms with Crippen LogP contribution in [0, 0.1) is 6.92 Å². The van der Waals surface area contributed by atoms with Gasteiger partial charge >= 0.3 is 0 Å². The van der Waals surface area contributed by atoms with Crippen molar-refractivity contribution in [2.24, 2.45) is 0 Å². The lowest BCUT2D eigenvalue weighted by molar-refractivity contribution is -0.113. The predicted molar refractivity (Wildman–Crippen MR) is 127 cm³/mol. The second-order valence-electron chi connectivity index (χ2n) is 8.06. The van der Waals surface area contributed by atoms with Crippen LogP contribution in [0.3, 0.4) is 0 Å². The molecule has 1 amide bonds. The van der Waals surface area contributed by atoms with Crippen LogP contribution in [0.5, 0.6) is 0 Å². The van der Waals surface area contributed by atoms with E-state index in [0.717, 1.165) is 42.2 Å². The van der Waals surface area contributed by atoms with Crippen molar-refractivity contribution in [2.75, 3.05) is 17.6 Å². The molecule has 1 N–H and O–H groups in total. The van der Waals surface area contributed by atoms with Gasteiger partial charge in [0.1, 0.15) is 0 Å². The average Bonchev–Trinajstić information content (AvgIpc) is 3.28. The highest BCUT2D eigenvalue weighted by Crippen LogP contribution is 2.26. The van der Waals surface area contributed by atoms with Gasteiger partial charge in [-0.05, 0) is 63.1 Å². The molecule has 1 aromatic heterocycles. The van der Waals surface area contributed by atoms with Crippen LogP contribution < -0.4 is 5.32 Å². The lowest BCUT2D eigenvalue weighted by atomic mass is 10.1. The second kappa shape index (κ2) is 10.1. The zero-order valence-electron chi connectivity index (χ0n) is 18.5. The van der Waals surface area contributed by atoms with Crippen molar-refractivity contribution in [1.82, 2.24) is 14.5 Å². The Bertz CT molecular complexity index is 1210. The number of rotatable bonds is 7. The van der Waals surface area contributed by atoms with Gasteiger partial charge in [0.05, 0.1) is 10.6 Å². The van der Waals surface area contributed by atoms with E-state index in [1.165, 1.54) is 12.1 Å². The highest BCUT2D eigenvalue weighted by Gasteiger charge is 2.30. The number of sulfonamides is 1. The minimum atomic E-state index is -3.54. The van der Waals surface area contributed by atoms with Gasteiger partial charge in [-0.15, -0.1) is 10.2 Å². The number of hydrogen-bond acceptors (Lipinski definition) is 7. The Morgan fingerprint density at radius 3 is 2.55 bits per heavy atom. The third kappa shape index (κ3) is 5.63. The van der Waals surface area contributed by atoms with E-state index in [4.69, 9.17) is 4.42 Å². The molecule has 1 atom stereocenters. The molecule has 0 saturated carbocycles. The van der Waals surface area contributed by atoms with Crippen LogP contribution in [0.15, 0.2) is 63.1 Å². The minimum Gasteiger partial charge on any atom is -0.411 e. The van der Waals surface area contributed by atoms with Crippen molar-refractivity contribution >= 4 is 33.4 Å². The summed E-state index contributed by atoms with van der Waals surface area (Å²) in [4.78, 5) is 12.6. The largest absolute Gasteiger partial charge is 0.411 e. The lowest BCUT2D eigenvalue weighted by Crippen LogP contribution is -2.41. The monoisotopic (exact) mass is 486 g/mol. The number of nitrogens with one attached hydrogen (secondary N) is 1. The van der Waals surface area contributed by atoms with Crippen LogP contribution in [0.2, 0.25) is 0 Å². The van der Waals surface area contributed by atoms with Gasteiger partial charge in [-0.1, -0.05) is 35.9 Å². The number of thioether (sulfide) groups is 1. The first kappa shape index (κ1) is 23.5. The standard InChI is InChI=1S/C23H26N4O4S2/c1-16-6-8-18(9-7-16)22-25-26-23(31-22)32-15-21(28)24-19-10-12-20(13-11-19)33(29,30)27-14-4-3-5-17(27)2/h6-13,17H,3-5,14-15H2,1-2H3,(H,24,28)/t17-/m0/s1. The van der Waals surface area contributed by atoms with Gasteiger partial charge in [-0.2, -0.15) is 4.31 Å². The van der Waals surface area contributed by atoms with E-state index in [-0.39, 0.29) is 22.6 Å². The number of anilines is 1. The summed E-state index contributed by atoms with van der Waals surface area (Å²) in [5.41, 5.74) is 2.48. The SMILES string of the molecule is Cc1ccc(-c2nnc(SCC(=O)Nc3ccc(S(=O)(=O)N4CCCC[C@@H]4C)cc3)o2)cc1. The van der Waals surface area contributed by atoms with Crippen molar-refractivity contribution in [3.05, 3.63) is 54.1 Å². The van der Waals surface area contributed by atoms with Crippen LogP contribution in [-0.4, -0.2) is 47.2 Å². The van der Waals surface area contributed by atoms with Crippen molar-refractivity contribution in [1.29, 1.82) is 0 Å². The average molecular weight is 487 g/mol. The molecular formula is C23H26N4O4S2. The van der Waals surface area contributed by atoms with Gasteiger partial charge in [0.15, 0.2) is 0 Å². The topological polar surface area (TPSA) is 105 Å². The fraction of sp³-hybridized carbons (Fsp3) is 0.348. The van der Waals surface area contributed by atoms with Gasteiger partial charge < -0.3 is 9.73 Å². The Morgan fingerprint density at radius 1 is 1.12 bits per heavy atom. The number of aromatic nitrogens is 2. The van der Waals surface area contributed by atoms with Crippen LogP contribution in [0.4, 0.5) is 5.69 Å². The Hall–Kier alpha value is -2.69. The molecule has 2 heterocycles. The second-order valence-corrected chi connectivity index (χ2v) is 10.9. The molecule has 8 nitrogen and oxygen atoms in total. The van der Waals surface area contributed by atoms with Gasteiger partial charge in [0.25, 0.3) is 5.22 Å². The van der Waals surface area contributed by atoms with Gasteiger partial charge in [0.2, 0.25) is 21.8 Å². The summed E-state index contributed by atoms with van der Waals surface area (Å²) < 4.78 is 33.0. The zero-order chi connectivity index (χ0) is 23.4. The maximum atomic E-state index is 12.9. The Morgan fingerprint density at radius 2 is 1.85 bits per heavy atom. The first-order valence-corrected chi connectivity index (χ1v) is 13.2. The molecule has 4 rings (SSSR count). The normalized spacial score (nSPS) is 17.1. The summed E-state index contributed by atoms with van der Waals surface area (Å²) in [6.45, 7) is 4.48. The quantitative estimate of drug-likeness (QED) is 0.495. The molecule has 0 aliphatic carbocycles. The molecule has 0 radical (unpaired) electrons. The molecule has 1 saturated heterocycles. The van der Waals surface area contributed by atoms with Crippen LogP contribution in [0.1, 0.15) is 31.7 Å². The molecule has 10 heteroatoms. The number of nitrogens with zero attached hydrogens (tertiary/aromatic N) is 3. The van der Waals surface area contributed by atoms with E-state index in [9.17, 15) is 13.2 Å². The van der Waals surface area contributed by atoms with E-state index >= 15 is 0 Å². The smallest absolute Gasteiger partial charge is 0.277 e. The van der Waals surface area contributed by atoms with Gasteiger partial charge in [-0.3, -0.25) is 4.79 Å². The molecule has 0 unspecified atom stereocenters. The lowest BCUT2D eigenvalue weighted by Gasteiger charge is -2.32. The minimum absolute atomic E-state index is 0.00335. The molecule has 174 valence electrons. The highest BCUT2D eigenvalue weighted by atomic mass is 32.2. The fourth-order valence-corrected chi connectivity index (χ4v) is 5.94. The number of carbonyl (C=O) groups is 1. The molecule has 0 spiro atoms. The summed E-state index contributed by atoms with van der Waals surface area (Å²) in [7, 11) is -3.54. The number of hydrogen-bond donors (Lipinski definition) is 1. The summed E-state index contributed by atoms with van der Waals surface area (Å²) in [5.74, 6) is 0.231. The molecule has 1 aliphatic rings. The van der Waals surface area contributed by atoms with Gasteiger partial charge in [0, 0.05) is 23.8 Å². The van der Waals surface area contributed by atoms with Crippen molar-refractivity contribution in [3.8, 4) is 11.5 Å². The summed E-state index contributed by atoms with van der Waals surface area (Å²) >= 11 is 1.14. The van der Waals surface area contributed by atoms with Crippen LogP contribution >= 0.6 is 11.8 Å². The fourth-order valence-electron chi connectivity index (χ4n) is 3.68. The highest BCUT2D eigenvalue weighted by molar-refractivity contribution is 7.99. The maximum absolute atomic E-state index is 12.9. The Kier molecular flexibility index (Phi) is 7.16. The third-order valence-corrected chi connectivity index (χ3v) is 8.36. The Balaban J connectivity index is 1.32. The van der Waals surface area contributed by atoms with Crippen molar-refractivity contribution in [3.63, 3.8) is 0 Å². The Labute approximate surface area is 197 Å². The number of aryl methyl sites for hydroxylation is 1. The summed E-state index contributed by atoms with van der Waals surface area (Å²) in [6, 6.07) is 14.0. The zero-order valence-corrected chi connectivity index (χ0v) is 20.2. The number of benzene rings is 2. The van der Waals surface area contributed by atoms with E-state index in [1.54, 1.807) is 16.4 Å². The first-order valence-electron chi connectivity index (χ1n) is 10.8. The van der Waals surface area contributed by atoms with Crippen molar-refractivity contribution < 1.29 is 17.6 Å². The van der Waals surface area contributed by atoms with Gasteiger partial charge in [-0.25, -0.2) is 8.42 Å². The van der Waals surface area contributed by atoms with E-state index < -0.39 is 10.0 Å². The number of piperidine rings is 1. The molecule has 2 aromatic carbocycles. The number of amides is 1. The van der Waals surface area contributed by atoms with Crippen LogP contribution in [0.25, 0.3) is 11.5 Å². The summed E-state index contributed by atoms with van der Waals surface area (Å²) in [6.07, 6.45) is 2.80. The molecule has 1 fully saturated rings. The third-order valence-electron chi connectivity index (χ3n) is 5.52. The van der Waals surface area contributed by atoms with Crippen LogP contribution in [-0.2, 0) is 14.8 Å². The first-order chi connectivity index (χ1) is 15.8. The number of carbonyl (C=O) groups excluding carboxylic acids is 1. The predicted octanol–water partition coefficient (Wildman–Crippen LogP) is 4.34. The molecule has 1 aliphatic heterocycles. The summed E-state index contributed by atoms with van der Waals surface area (Å²) in [5, 5.41) is 11.1. The maximum Gasteiger partial charge on any atom is 0.277 e.